The van der Waals surface area contributed by atoms with E-state index in [1.807, 2.05) is 19.2 Å². The Balaban J connectivity index is 1.50. The van der Waals surface area contributed by atoms with Gasteiger partial charge in [-0.2, -0.15) is 5.06 Å². The van der Waals surface area contributed by atoms with E-state index in [0.717, 1.165) is 49.3 Å². The number of hydrogen-bond acceptors (Lipinski definition) is 6. The summed E-state index contributed by atoms with van der Waals surface area (Å²) in [4.78, 5) is 26.6. The average Bonchev–Trinajstić information content (AvgIpc) is 3.75. The first kappa shape index (κ1) is 30.4. The van der Waals surface area contributed by atoms with Crippen molar-refractivity contribution >= 4 is 29.1 Å². The lowest BCUT2D eigenvalue weighted by Gasteiger charge is -2.40. The van der Waals surface area contributed by atoms with Crippen molar-refractivity contribution in [3.05, 3.63) is 87.2 Å². The van der Waals surface area contributed by atoms with Crippen molar-refractivity contribution in [2.24, 2.45) is 5.41 Å². The summed E-state index contributed by atoms with van der Waals surface area (Å²) >= 11 is 12.3. The lowest BCUT2D eigenvalue weighted by molar-refractivity contribution is -0.269. The van der Waals surface area contributed by atoms with E-state index in [-0.39, 0.29) is 43.2 Å². The number of hydrogen-bond donors (Lipinski definition) is 2. The lowest BCUT2D eigenvalue weighted by Crippen LogP contribution is -2.52. The van der Waals surface area contributed by atoms with Gasteiger partial charge in [0.05, 0.1) is 23.8 Å². The number of pyridine rings is 1. The fourth-order valence-electron chi connectivity index (χ4n) is 6.40. The maximum Gasteiger partial charge on any atom is 0.281 e. The van der Waals surface area contributed by atoms with Crippen LogP contribution in [0.2, 0.25) is 10.0 Å². The molecule has 2 fully saturated rings. The Morgan fingerprint density at radius 1 is 1.07 bits per heavy atom. The smallest absolute Gasteiger partial charge is 0.281 e. The van der Waals surface area contributed by atoms with Crippen LogP contribution < -0.4 is 0 Å². The first-order valence-corrected chi connectivity index (χ1v) is 15.6. The van der Waals surface area contributed by atoms with Gasteiger partial charge in [0.2, 0.25) is 0 Å². The number of alkyl halides is 1. The molecule has 2 aromatic carbocycles. The molecule has 10 heteroatoms. The Hall–Kier alpha value is -2.59. The lowest BCUT2D eigenvalue weighted by atomic mass is 9.83. The molecule has 3 atom stereocenters. The molecular weight excluding hydrogens is 592 g/mol. The van der Waals surface area contributed by atoms with E-state index >= 15 is 4.39 Å². The van der Waals surface area contributed by atoms with Crippen LogP contribution in [0, 0.1) is 5.41 Å². The molecule has 2 aliphatic heterocycles. The summed E-state index contributed by atoms with van der Waals surface area (Å²) < 4.78 is 18.2. The predicted molar refractivity (Wildman–Crippen MR) is 163 cm³/mol. The van der Waals surface area contributed by atoms with Crippen molar-refractivity contribution in [2.45, 2.75) is 62.9 Å². The molecule has 2 unspecified atom stereocenters. The number of aliphatic hydroxyl groups is 2. The van der Waals surface area contributed by atoms with Crippen molar-refractivity contribution in [3.8, 4) is 11.1 Å². The number of piperidine rings is 1. The van der Waals surface area contributed by atoms with Gasteiger partial charge >= 0.3 is 0 Å². The highest BCUT2D eigenvalue weighted by Gasteiger charge is 2.59. The molecule has 6 rings (SSSR count). The van der Waals surface area contributed by atoms with Crippen molar-refractivity contribution in [2.75, 3.05) is 26.8 Å². The monoisotopic (exact) mass is 627 g/mol. The van der Waals surface area contributed by atoms with Gasteiger partial charge in [-0.3, -0.25) is 14.6 Å². The highest BCUT2D eigenvalue weighted by atomic mass is 35.5. The Kier molecular flexibility index (Phi) is 8.54. The van der Waals surface area contributed by atoms with Crippen molar-refractivity contribution < 1.29 is 24.2 Å². The normalized spacial score (nSPS) is 23.8. The van der Waals surface area contributed by atoms with Gasteiger partial charge < -0.3 is 15.1 Å². The van der Waals surface area contributed by atoms with E-state index in [1.54, 1.807) is 36.4 Å². The number of aromatic nitrogens is 1. The number of amides is 1. The van der Waals surface area contributed by atoms with Crippen LogP contribution in [0.1, 0.15) is 65.7 Å². The fourth-order valence-corrected chi connectivity index (χ4v) is 6.64. The molecular formula is C33H36Cl2FN3O4. The molecule has 3 aromatic rings. The molecule has 1 aliphatic carbocycles. The summed E-state index contributed by atoms with van der Waals surface area (Å²) in [5, 5.41) is 23.5. The third-order valence-electron chi connectivity index (χ3n) is 9.33. The van der Waals surface area contributed by atoms with Crippen LogP contribution in [-0.4, -0.2) is 70.0 Å². The van der Waals surface area contributed by atoms with Crippen LogP contribution in [-0.2, 0) is 17.1 Å². The molecule has 0 spiro atoms. The quantitative estimate of drug-likeness (QED) is 0.262. The van der Waals surface area contributed by atoms with Gasteiger partial charge in [0, 0.05) is 40.4 Å². The zero-order valence-corrected chi connectivity index (χ0v) is 25.6. The van der Waals surface area contributed by atoms with Gasteiger partial charge in [-0.25, -0.2) is 4.39 Å². The molecule has 2 N–H and O–H groups in total. The Labute approximate surface area is 261 Å². The van der Waals surface area contributed by atoms with E-state index in [9.17, 15) is 15.0 Å². The second-order valence-corrected chi connectivity index (χ2v) is 13.1. The Morgan fingerprint density at radius 3 is 2.44 bits per heavy atom. The van der Waals surface area contributed by atoms with E-state index in [2.05, 4.69) is 9.88 Å². The molecule has 0 bridgehead atoms. The minimum absolute atomic E-state index is 0.0247. The van der Waals surface area contributed by atoms with Gasteiger partial charge in [0.1, 0.15) is 6.10 Å². The van der Waals surface area contributed by atoms with Gasteiger partial charge in [0.25, 0.3) is 11.7 Å². The fraction of sp³-hybridized carbons (Fsp3) is 0.455. The molecule has 0 radical (unpaired) electrons. The van der Waals surface area contributed by atoms with Gasteiger partial charge in [-0.05, 0) is 92.7 Å². The molecule has 1 aromatic heterocycles. The number of likely N-dealkylation sites (tertiary alicyclic amines) is 1. The zero-order chi connectivity index (χ0) is 30.4. The first-order valence-electron chi connectivity index (χ1n) is 14.8. The molecule has 7 nitrogen and oxygen atoms in total. The second kappa shape index (κ2) is 12.1. The van der Waals surface area contributed by atoms with Crippen LogP contribution >= 0.6 is 23.2 Å². The Morgan fingerprint density at radius 2 is 1.79 bits per heavy atom. The number of hydroxylamine groups is 2. The summed E-state index contributed by atoms with van der Waals surface area (Å²) in [6, 6.07) is 14.1. The number of halogens is 3. The van der Waals surface area contributed by atoms with Gasteiger partial charge in [-0.1, -0.05) is 47.8 Å². The average molecular weight is 629 g/mol. The molecule has 1 saturated carbocycles. The van der Waals surface area contributed by atoms with E-state index in [0.29, 0.717) is 26.9 Å². The minimum atomic E-state index is -2.68. The molecule has 43 heavy (non-hydrogen) atoms. The highest BCUT2D eigenvalue weighted by molar-refractivity contribution is 6.30. The standard InChI is InChI=1S/C33H36Cl2FN3O4/c1-38-15-3-2-4-25(38)17-29(41)33(36)30-27(31(42)39(33)43-20-32(19-40)13-14-32)12-11-26(21-5-7-22(34)8-6-21)28(30)16-24-10-9-23(35)18-37-24/h5-12,18,25,29,40-41H,2-4,13-17,19-20H2,1H3/t25?,29?,33-/m1/s1. The van der Waals surface area contributed by atoms with E-state index in [4.69, 9.17) is 28.0 Å². The number of aliphatic hydroxyl groups excluding tert-OH is 2. The topological polar surface area (TPSA) is 86.1 Å². The largest absolute Gasteiger partial charge is 0.396 e. The number of rotatable bonds is 10. The van der Waals surface area contributed by atoms with Crippen LogP contribution in [0.15, 0.2) is 54.7 Å². The summed E-state index contributed by atoms with van der Waals surface area (Å²) in [6.07, 6.45) is 4.56. The van der Waals surface area contributed by atoms with Gasteiger partial charge in [-0.15, -0.1) is 0 Å². The first-order chi connectivity index (χ1) is 20.6. The highest BCUT2D eigenvalue weighted by Crippen LogP contribution is 2.51. The second-order valence-electron chi connectivity index (χ2n) is 12.3. The van der Waals surface area contributed by atoms with E-state index < -0.39 is 23.2 Å². The molecule has 3 heterocycles. The summed E-state index contributed by atoms with van der Waals surface area (Å²) in [7, 11) is 1.98. The van der Waals surface area contributed by atoms with Gasteiger partial charge in [0.15, 0.2) is 0 Å². The zero-order valence-electron chi connectivity index (χ0n) is 24.1. The van der Waals surface area contributed by atoms with Crippen LogP contribution in [0.25, 0.3) is 11.1 Å². The third kappa shape index (κ3) is 5.81. The number of fused-ring (bicyclic) bond motifs is 1. The number of carbonyl (C=O) groups is 1. The predicted octanol–water partition coefficient (Wildman–Crippen LogP) is 6.16. The van der Waals surface area contributed by atoms with E-state index in [1.165, 1.54) is 6.20 Å². The maximum atomic E-state index is 18.2. The summed E-state index contributed by atoms with van der Waals surface area (Å²) in [5.74, 6) is -3.34. The molecule has 1 amide bonds. The van der Waals surface area contributed by atoms with Crippen molar-refractivity contribution in [1.82, 2.24) is 14.9 Å². The minimum Gasteiger partial charge on any atom is -0.396 e. The molecule has 1 saturated heterocycles. The molecule has 3 aliphatic rings. The van der Waals surface area contributed by atoms with Crippen molar-refractivity contribution in [3.63, 3.8) is 0 Å². The summed E-state index contributed by atoms with van der Waals surface area (Å²) in [6.45, 7) is 0.716. The van der Waals surface area contributed by atoms with Crippen LogP contribution in [0.4, 0.5) is 4.39 Å². The SMILES string of the molecule is CN1CCCCC1CC(O)[C@]1(F)c2c(ccc(-c3ccc(Cl)cc3)c2Cc2ccc(Cl)cn2)C(=O)N1OCC1(CO)CC1. The summed E-state index contributed by atoms with van der Waals surface area (Å²) in [5.41, 5.74) is 2.34. The van der Waals surface area contributed by atoms with Crippen LogP contribution in [0.3, 0.4) is 0 Å². The maximum absolute atomic E-state index is 18.2. The van der Waals surface area contributed by atoms with Crippen molar-refractivity contribution in [1.29, 1.82) is 0 Å². The van der Waals surface area contributed by atoms with Crippen LogP contribution in [0.5, 0.6) is 0 Å². The molecule has 228 valence electrons. The number of benzene rings is 2. The number of carbonyl (C=O) groups excluding carboxylic acids is 1. The third-order valence-corrected chi connectivity index (χ3v) is 9.80. The Bertz CT molecular complexity index is 1480. The number of nitrogens with zero attached hydrogens (tertiary/aromatic N) is 3.